The Kier molecular flexibility index (Phi) is 3.35. The molecular weight excluding hydrogens is 188 g/mol. The third-order valence-electron chi connectivity index (χ3n) is 2.76. The quantitative estimate of drug-likeness (QED) is 0.703. The smallest absolute Gasteiger partial charge is 0.228 e. The van der Waals surface area contributed by atoms with Crippen molar-refractivity contribution in [1.29, 1.82) is 0 Å². The van der Waals surface area contributed by atoms with E-state index in [0.29, 0.717) is 0 Å². The maximum absolute atomic E-state index is 11.1. The number of rotatable bonds is 3. The number of carbonyl (C=O) groups excluding carboxylic acids is 1. The fourth-order valence-electron chi connectivity index (χ4n) is 1.96. The minimum absolute atomic E-state index is 0.903. The highest BCUT2D eigenvalue weighted by Crippen LogP contribution is 2.18. The highest BCUT2D eigenvalue weighted by atomic mass is 16.1. The van der Waals surface area contributed by atoms with Gasteiger partial charge < -0.3 is 0 Å². The maximum Gasteiger partial charge on any atom is 0.228 e. The first-order valence-corrected chi connectivity index (χ1v) is 5.46. The van der Waals surface area contributed by atoms with Gasteiger partial charge in [-0.25, -0.2) is 10.0 Å². The zero-order valence-electron chi connectivity index (χ0n) is 8.80. The number of para-hydroxylation sites is 1. The van der Waals surface area contributed by atoms with Crippen LogP contribution < -0.4 is 5.01 Å². The summed E-state index contributed by atoms with van der Waals surface area (Å²) in [5.41, 5.74) is 0.953. The van der Waals surface area contributed by atoms with E-state index in [-0.39, 0.29) is 0 Å². The average Bonchev–Trinajstić information content (AvgIpc) is 2.33. The summed E-state index contributed by atoms with van der Waals surface area (Å²) in [6.07, 6.45) is 4.53. The van der Waals surface area contributed by atoms with Crippen molar-refractivity contribution in [1.82, 2.24) is 5.01 Å². The number of hydrazine groups is 1. The minimum atomic E-state index is 0.903. The molecule has 0 radical (unpaired) electrons. The predicted octanol–water partition coefficient (Wildman–Crippen LogP) is 2.05. The molecule has 0 N–H and O–H groups in total. The molecule has 3 nitrogen and oxygen atoms in total. The molecule has 80 valence electrons. The Balaban J connectivity index is 2.12. The monoisotopic (exact) mass is 204 g/mol. The average molecular weight is 204 g/mol. The summed E-state index contributed by atoms with van der Waals surface area (Å²) in [4.78, 5) is 11.1. The van der Waals surface area contributed by atoms with Crippen LogP contribution in [0, 0.1) is 0 Å². The molecule has 1 aromatic carbocycles. The lowest BCUT2D eigenvalue weighted by molar-refractivity contribution is -0.110. The van der Waals surface area contributed by atoms with E-state index in [0.717, 1.165) is 25.2 Å². The van der Waals surface area contributed by atoms with E-state index >= 15 is 0 Å². The van der Waals surface area contributed by atoms with E-state index in [1.807, 2.05) is 30.3 Å². The number of benzene rings is 1. The molecule has 1 amide bonds. The second-order valence-corrected chi connectivity index (χ2v) is 3.80. The molecule has 0 spiro atoms. The van der Waals surface area contributed by atoms with Crippen LogP contribution in [0.4, 0.5) is 5.69 Å². The molecule has 1 heterocycles. The summed E-state index contributed by atoms with van der Waals surface area (Å²) in [5.74, 6) is 0. The molecule has 0 atom stereocenters. The van der Waals surface area contributed by atoms with Gasteiger partial charge in [0.2, 0.25) is 6.41 Å². The molecule has 15 heavy (non-hydrogen) atoms. The molecule has 1 saturated heterocycles. The zero-order chi connectivity index (χ0) is 10.5. The number of piperidine rings is 1. The second-order valence-electron chi connectivity index (χ2n) is 3.80. The van der Waals surface area contributed by atoms with Crippen LogP contribution >= 0.6 is 0 Å². The molecule has 0 bridgehead atoms. The van der Waals surface area contributed by atoms with E-state index in [9.17, 15) is 4.79 Å². The highest BCUT2D eigenvalue weighted by Gasteiger charge is 2.17. The van der Waals surface area contributed by atoms with Crippen molar-refractivity contribution in [3.63, 3.8) is 0 Å². The summed E-state index contributed by atoms with van der Waals surface area (Å²) in [5, 5.41) is 3.84. The standard InChI is InChI=1S/C12H16N2O/c15-11-14(12-7-3-1-4-8-12)13-9-5-2-6-10-13/h1,3-4,7-8,11H,2,5-6,9-10H2. The van der Waals surface area contributed by atoms with Gasteiger partial charge in [-0.3, -0.25) is 4.79 Å². The third-order valence-corrected chi connectivity index (χ3v) is 2.76. The molecule has 3 heteroatoms. The molecule has 0 aliphatic carbocycles. The molecule has 1 aromatic rings. The Labute approximate surface area is 90.3 Å². The summed E-state index contributed by atoms with van der Waals surface area (Å²) in [6, 6.07) is 9.79. The number of anilines is 1. The molecule has 1 aliphatic rings. The lowest BCUT2D eigenvalue weighted by Gasteiger charge is -2.34. The Morgan fingerprint density at radius 1 is 1.07 bits per heavy atom. The van der Waals surface area contributed by atoms with E-state index in [1.54, 1.807) is 5.01 Å². The normalized spacial score (nSPS) is 17.3. The SMILES string of the molecule is O=CN(c1ccccc1)N1CCCCC1. The first-order valence-electron chi connectivity index (χ1n) is 5.46. The van der Waals surface area contributed by atoms with E-state index in [2.05, 4.69) is 5.01 Å². The van der Waals surface area contributed by atoms with Crippen LogP contribution in [0.1, 0.15) is 19.3 Å². The van der Waals surface area contributed by atoms with Crippen LogP contribution in [0.3, 0.4) is 0 Å². The van der Waals surface area contributed by atoms with Crippen LogP contribution in [0.2, 0.25) is 0 Å². The maximum atomic E-state index is 11.1. The van der Waals surface area contributed by atoms with Crippen molar-refractivity contribution in [3.05, 3.63) is 30.3 Å². The minimum Gasteiger partial charge on any atom is -0.277 e. The van der Waals surface area contributed by atoms with Crippen LogP contribution in [-0.4, -0.2) is 24.5 Å². The van der Waals surface area contributed by atoms with Crippen molar-refractivity contribution in [2.45, 2.75) is 19.3 Å². The van der Waals surface area contributed by atoms with Crippen LogP contribution in [0.15, 0.2) is 30.3 Å². The Bertz CT molecular complexity index is 307. The molecule has 0 aromatic heterocycles. The first kappa shape index (κ1) is 10.2. The van der Waals surface area contributed by atoms with Crippen molar-refractivity contribution in [2.24, 2.45) is 0 Å². The van der Waals surface area contributed by atoms with Gasteiger partial charge in [-0.05, 0) is 25.0 Å². The van der Waals surface area contributed by atoms with Gasteiger partial charge in [0.15, 0.2) is 0 Å². The van der Waals surface area contributed by atoms with Crippen LogP contribution in [-0.2, 0) is 4.79 Å². The van der Waals surface area contributed by atoms with Crippen molar-refractivity contribution in [3.8, 4) is 0 Å². The topological polar surface area (TPSA) is 23.6 Å². The third kappa shape index (κ3) is 2.36. The van der Waals surface area contributed by atoms with E-state index < -0.39 is 0 Å². The lowest BCUT2D eigenvalue weighted by Crippen LogP contribution is -2.44. The van der Waals surface area contributed by atoms with Gasteiger partial charge in [0.25, 0.3) is 0 Å². The molecule has 0 saturated carbocycles. The van der Waals surface area contributed by atoms with Crippen LogP contribution in [0.25, 0.3) is 0 Å². The Morgan fingerprint density at radius 2 is 1.73 bits per heavy atom. The Morgan fingerprint density at radius 3 is 2.33 bits per heavy atom. The molecule has 1 aliphatic heterocycles. The zero-order valence-corrected chi connectivity index (χ0v) is 8.80. The number of carbonyl (C=O) groups is 1. The fourth-order valence-corrected chi connectivity index (χ4v) is 1.96. The van der Waals surface area contributed by atoms with Gasteiger partial charge in [-0.2, -0.15) is 0 Å². The number of nitrogens with zero attached hydrogens (tertiary/aromatic N) is 2. The Hall–Kier alpha value is -1.35. The van der Waals surface area contributed by atoms with Crippen molar-refractivity contribution < 1.29 is 4.79 Å². The van der Waals surface area contributed by atoms with E-state index in [1.165, 1.54) is 19.3 Å². The number of amides is 1. The van der Waals surface area contributed by atoms with Gasteiger partial charge in [-0.1, -0.05) is 24.6 Å². The summed E-state index contributed by atoms with van der Waals surface area (Å²) in [6.45, 7) is 1.96. The number of hydrogen-bond donors (Lipinski definition) is 0. The fraction of sp³-hybridized carbons (Fsp3) is 0.417. The van der Waals surface area contributed by atoms with Gasteiger partial charge in [0.1, 0.15) is 0 Å². The van der Waals surface area contributed by atoms with E-state index in [4.69, 9.17) is 0 Å². The molecule has 1 fully saturated rings. The highest BCUT2D eigenvalue weighted by molar-refractivity contribution is 5.73. The second kappa shape index (κ2) is 4.94. The largest absolute Gasteiger partial charge is 0.277 e. The van der Waals surface area contributed by atoms with Gasteiger partial charge in [0.05, 0.1) is 5.69 Å². The number of hydrogen-bond acceptors (Lipinski definition) is 2. The summed E-state index contributed by atoms with van der Waals surface area (Å²) < 4.78 is 0. The first-order chi connectivity index (χ1) is 7.42. The van der Waals surface area contributed by atoms with Gasteiger partial charge in [0, 0.05) is 13.1 Å². The molecule has 0 unspecified atom stereocenters. The van der Waals surface area contributed by atoms with Gasteiger partial charge >= 0.3 is 0 Å². The summed E-state index contributed by atoms with van der Waals surface area (Å²) >= 11 is 0. The van der Waals surface area contributed by atoms with Crippen LogP contribution in [0.5, 0.6) is 0 Å². The molecular formula is C12H16N2O. The summed E-state index contributed by atoms with van der Waals surface area (Å²) in [7, 11) is 0. The van der Waals surface area contributed by atoms with Gasteiger partial charge in [-0.15, -0.1) is 0 Å². The van der Waals surface area contributed by atoms with Crippen molar-refractivity contribution in [2.75, 3.05) is 18.1 Å². The van der Waals surface area contributed by atoms with Crippen molar-refractivity contribution >= 4 is 12.1 Å². The predicted molar refractivity (Wildman–Crippen MR) is 60.4 cm³/mol. The lowest BCUT2D eigenvalue weighted by atomic mass is 10.2. The molecule has 2 rings (SSSR count).